The predicted octanol–water partition coefficient (Wildman–Crippen LogP) is 4.88. The van der Waals surface area contributed by atoms with E-state index in [4.69, 9.17) is 25.8 Å². The average molecular weight is 430 g/mol. The topological polar surface area (TPSA) is 73.9 Å². The van der Waals surface area contributed by atoms with Gasteiger partial charge < -0.3 is 19.5 Å². The van der Waals surface area contributed by atoms with Crippen molar-refractivity contribution in [2.24, 2.45) is 0 Å². The van der Waals surface area contributed by atoms with E-state index in [2.05, 4.69) is 5.32 Å². The van der Waals surface area contributed by atoms with Crippen molar-refractivity contribution in [3.63, 3.8) is 0 Å². The highest BCUT2D eigenvalue weighted by atomic mass is 35.5. The third kappa shape index (κ3) is 4.59. The molecule has 2 aromatic carbocycles. The van der Waals surface area contributed by atoms with Crippen molar-refractivity contribution in [1.29, 1.82) is 0 Å². The molecule has 0 saturated heterocycles. The molecule has 0 bridgehead atoms. The largest absolute Gasteiger partial charge is 0.467 e. The number of rotatable bonds is 5. The number of nitrogens with one attached hydrogen (secondary N) is 1. The molecule has 0 aliphatic carbocycles. The monoisotopic (exact) mass is 429 g/mol. The first-order valence-corrected chi connectivity index (χ1v) is 10.00. The van der Waals surface area contributed by atoms with Gasteiger partial charge in [-0.3, -0.25) is 4.79 Å². The van der Waals surface area contributed by atoms with Crippen molar-refractivity contribution >= 4 is 40.5 Å². The summed E-state index contributed by atoms with van der Waals surface area (Å²) >= 11 is 7.48. The standard InChI is InChI=1S/C21H16ClNO5S/c22-16-7-14-10-26-12-28-19(14)15(8-16)11-27-21(25)13-3-1-4-17(9-13)23-20(24)18-5-2-6-29-18/h1-9H,10-12H2,(H,23,24). The second-order valence-corrected chi connectivity index (χ2v) is 7.64. The first kappa shape index (κ1) is 19.4. The number of hydrogen-bond donors (Lipinski definition) is 1. The Hall–Kier alpha value is -2.87. The van der Waals surface area contributed by atoms with Crippen LogP contribution in [0.2, 0.25) is 5.02 Å². The molecule has 3 aromatic rings. The second kappa shape index (κ2) is 8.65. The van der Waals surface area contributed by atoms with Gasteiger partial charge in [-0.25, -0.2) is 4.79 Å². The summed E-state index contributed by atoms with van der Waals surface area (Å²) in [6, 6.07) is 13.6. The number of carbonyl (C=O) groups is 2. The van der Waals surface area contributed by atoms with Gasteiger partial charge in [0, 0.05) is 21.8 Å². The van der Waals surface area contributed by atoms with E-state index in [-0.39, 0.29) is 19.3 Å². The lowest BCUT2D eigenvalue weighted by atomic mass is 10.1. The van der Waals surface area contributed by atoms with Crippen molar-refractivity contribution in [2.75, 3.05) is 12.1 Å². The molecule has 2 heterocycles. The number of hydrogen-bond acceptors (Lipinski definition) is 6. The average Bonchev–Trinajstić information content (AvgIpc) is 3.27. The number of benzene rings is 2. The fourth-order valence-corrected chi connectivity index (χ4v) is 3.80. The van der Waals surface area contributed by atoms with Gasteiger partial charge in [0.1, 0.15) is 12.4 Å². The Bertz CT molecular complexity index is 1050. The summed E-state index contributed by atoms with van der Waals surface area (Å²) in [6.07, 6.45) is 0. The van der Waals surface area contributed by atoms with Gasteiger partial charge in [-0.05, 0) is 41.8 Å². The second-order valence-electron chi connectivity index (χ2n) is 6.25. The Kier molecular flexibility index (Phi) is 5.80. The molecule has 0 saturated carbocycles. The molecule has 0 atom stereocenters. The summed E-state index contributed by atoms with van der Waals surface area (Å²) < 4.78 is 16.2. The zero-order valence-corrected chi connectivity index (χ0v) is 16.7. The molecule has 148 valence electrons. The van der Waals surface area contributed by atoms with E-state index in [0.29, 0.717) is 39.1 Å². The molecular weight excluding hydrogens is 414 g/mol. The van der Waals surface area contributed by atoms with E-state index in [1.54, 1.807) is 48.5 Å². The van der Waals surface area contributed by atoms with Crippen molar-refractivity contribution in [2.45, 2.75) is 13.2 Å². The maximum Gasteiger partial charge on any atom is 0.338 e. The molecule has 0 fully saturated rings. The normalized spacial score (nSPS) is 12.6. The van der Waals surface area contributed by atoms with Crippen LogP contribution in [0.3, 0.4) is 0 Å². The zero-order chi connectivity index (χ0) is 20.2. The number of carbonyl (C=O) groups excluding carboxylic acids is 2. The molecule has 1 aromatic heterocycles. The van der Waals surface area contributed by atoms with Crippen molar-refractivity contribution in [3.8, 4) is 5.75 Å². The first-order valence-electron chi connectivity index (χ1n) is 8.74. The maximum absolute atomic E-state index is 12.5. The van der Waals surface area contributed by atoms with Crippen LogP contribution in [0.25, 0.3) is 0 Å². The van der Waals surface area contributed by atoms with Crippen LogP contribution in [0.1, 0.15) is 31.2 Å². The van der Waals surface area contributed by atoms with Crippen LogP contribution in [0.4, 0.5) is 5.69 Å². The number of anilines is 1. The molecule has 6 nitrogen and oxygen atoms in total. The molecule has 1 aliphatic rings. The van der Waals surface area contributed by atoms with Crippen LogP contribution in [0.15, 0.2) is 53.9 Å². The van der Waals surface area contributed by atoms with Crippen molar-refractivity contribution in [1.82, 2.24) is 0 Å². The Labute approximate surface area is 176 Å². The van der Waals surface area contributed by atoms with Crippen LogP contribution < -0.4 is 10.1 Å². The number of fused-ring (bicyclic) bond motifs is 1. The summed E-state index contributed by atoms with van der Waals surface area (Å²) in [5.74, 6) is -0.112. The lowest BCUT2D eigenvalue weighted by Crippen LogP contribution is -2.14. The summed E-state index contributed by atoms with van der Waals surface area (Å²) in [6.45, 7) is 0.540. The van der Waals surface area contributed by atoms with E-state index in [9.17, 15) is 9.59 Å². The Morgan fingerprint density at radius 1 is 1.17 bits per heavy atom. The van der Waals surface area contributed by atoms with Gasteiger partial charge in [0.05, 0.1) is 17.0 Å². The first-order chi connectivity index (χ1) is 14.1. The molecule has 0 spiro atoms. The molecule has 0 radical (unpaired) electrons. The van der Waals surface area contributed by atoms with Gasteiger partial charge in [0.15, 0.2) is 6.79 Å². The summed E-state index contributed by atoms with van der Waals surface area (Å²) in [5, 5.41) is 5.12. The zero-order valence-electron chi connectivity index (χ0n) is 15.1. The van der Waals surface area contributed by atoms with E-state index < -0.39 is 5.97 Å². The Morgan fingerprint density at radius 3 is 2.90 bits per heavy atom. The van der Waals surface area contributed by atoms with Crippen molar-refractivity contribution < 1.29 is 23.8 Å². The van der Waals surface area contributed by atoms with Gasteiger partial charge in [-0.1, -0.05) is 23.7 Å². The fraction of sp³-hybridized carbons (Fsp3) is 0.143. The smallest absolute Gasteiger partial charge is 0.338 e. The van der Waals surface area contributed by atoms with Gasteiger partial charge in [0.25, 0.3) is 5.91 Å². The number of halogens is 1. The molecule has 1 amide bonds. The third-order valence-corrected chi connectivity index (χ3v) is 5.30. The Balaban J connectivity index is 1.44. The van der Waals surface area contributed by atoms with Crippen molar-refractivity contribution in [3.05, 3.63) is 80.5 Å². The highest BCUT2D eigenvalue weighted by molar-refractivity contribution is 7.12. The molecular formula is C21H16ClNO5S. The van der Waals surface area contributed by atoms with Gasteiger partial charge >= 0.3 is 5.97 Å². The van der Waals surface area contributed by atoms with Crippen LogP contribution in [0, 0.1) is 0 Å². The maximum atomic E-state index is 12.5. The number of ether oxygens (including phenoxy) is 3. The highest BCUT2D eigenvalue weighted by Crippen LogP contribution is 2.32. The predicted molar refractivity (Wildman–Crippen MR) is 110 cm³/mol. The van der Waals surface area contributed by atoms with E-state index in [1.807, 2.05) is 5.38 Å². The molecule has 1 aliphatic heterocycles. The molecule has 1 N–H and O–H groups in total. The summed E-state index contributed by atoms with van der Waals surface area (Å²) in [5.41, 5.74) is 2.33. The lowest BCUT2D eigenvalue weighted by Gasteiger charge is -2.21. The molecule has 4 rings (SSSR count). The molecule has 0 unspecified atom stereocenters. The van der Waals surface area contributed by atoms with Gasteiger partial charge in [-0.15, -0.1) is 11.3 Å². The SMILES string of the molecule is O=C(OCc1cc(Cl)cc2c1OCOC2)c1cccc(NC(=O)c2cccs2)c1. The minimum absolute atomic E-state index is 0.00745. The molecule has 29 heavy (non-hydrogen) atoms. The fourth-order valence-electron chi connectivity index (χ4n) is 2.91. The minimum atomic E-state index is -0.516. The highest BCUT2D eigenvalue weighted by Gasteiger charge is 2.18. The number of amides is 1. The quantitative estimate of drug-likeness (QED) is 0.585. The van der Waals surface area contributed by atoms with Crippen LogP contribution in [0.5, 0.6) is 5.75 Å². The van der Waals surface area contributed by atoms with E-state index >= 15 is 0 Å². The molecule has 8 heteroatoms. The Morgan fingerprint density at radius 2 is 2.07 bits per heavy atom. The van der Waals surface area contributed by atoms with E-state index in [1.165, 1.54) is 11.3 Å². The van der Waals surface area contributed by atoms with Gasteiger partial charge in [0.2, 0.25) is 0 Å². The number of esters is 1. The summed E-state index contributed by atoms with van der Waals surface area (Å²) in [7, 11) is 0. The number of thiophene rings is 1. The third-order valence-electron chi connectivity index (χ3n) is 4.21. The lowest BCUT2D eigenvalue weighted by molar-refractivity contribution is -0.0180. The van der Waals surface area contributed by atoms with E-state index in [0.717, 1.165) is 5.56 Å². The minimum Gasteiger partial charge on any atom is -0.467 e. The van der Waals surface area contributed by atoms with Gasteiger partial charge in [-0.2, -0.15) is 0 Å². The van der Waals surface area contributed by atoms with Crippen LogP contribution >= 0.6 is 22.9 Å². The van der Waals surface area contributed by atoms with Crippen LogP contribution in [-0.4, -0.2) is 18.7 Å². The summed E-state index contributed by atoms with van der Waals surface area (Å²) in [4.78, 5) is 25.3. The van der Waals surface area contributed by atoms with Crippen LogP contribution in [-0.2, 0) is 22.7 Å².